The van der Waals surface area contributed by atoms with Gasteiger partial charge in [-0.15, -0.1) is 0 Å². The third-order valence-electron chi connectivity index (χ3n) is 4.94. The number of ether oxygens (including phenoxy) is 1. The van der Waals surface area contributed by atoms with Crippen molar-refractivity contribution in [2.24, 2.45) is 4.99 Å². The summed E-state index contributed by atoms with van der Waals surface area (Å²) >= 11 is 0. The van der Waals surface area contributed by atoms with Crippen LogP contribution in [0.2, 0.25) is 0 Å². The third kappa shape index (κ3) is 6.19. The van der Waals surface area contributed by atoms with Crippen LogP contribution in [0, 0.1) is 0 Å². The normalized spacial score (nSPS) is 16.7. The van der Waals surface area contributed by atoms with Crippen LogP contribution in [-0.2, 0) is 11.3 Å². The summed E-state index contributed by atoms with van der Waals surface area (Å²) in [5, 5.41) is 10.8. The third-order valence-corrected chi connectivity index (χ3v) is 4.94. The Morgan fingerprint density at radius 2 is 2.03 bits per heavy atom. The predicted octanol–water partition coefficient (Wildman–Crippen LogP) is 2.89. The lowest BCUT2D eigenvalue weighted by Gasteiger charge is -2.34. The van der Waals surface area contributed by atoms with Crippen LogP contribution in [0.4, 0.5) is 5.69 Å². The van der Waals surface area contributed by atoms with Crippen LogP contribution < -0.4 is 15.5 Å². The van der Waals surface area contributed by atoms with Gasteiger partial charge in [-0.1, -0.05) is 23.4 Å². The van der Waals surface area contributed by atoms with E-state index >= 15 is 0 Å². The van der Waals surface area contributed by atoms with Crippen LogP contribution in [-0.4, -0.2) is 48.4 Å². The molecule has 0 radical (unpaired) electrons. The van der Waals surface area contributed by atoms with Gasteiger partial charge < -0.3 is 24.8 Å². The number of piperidine rings is 1. The number of rotatable bonds is 8. The molecule has 1 saturated heterocycles. The van der Waals surface area contributed by atoms with Gasteiger partial charge in [-0.3, -0.25) is 0 Å². The molecule has 3 rings (SSSR count). The van der Waals surface area contributed by atoms with E-state index < -0.39 is 0 Å². The Morgan fingerprint density at radius 3 is 2.72 bits per heavy atom. The second kappa shape index (κ2) is 10.8. The summed E-state index contributed by atoms with van der Waals surface area (Å²) in [5.41, 5.74) is 1.29. The Labute approximate surface area is 172 Å². The first-order valence-electron chi connectivity index (χ1n) is 10.5. The molecule has 1 aromatic heterocycles. The highest BCUT2D eigenvalue weighted by Crippen LogP contribution is 2.19. The van der Waals surface area contributed by atoms with Crippen molar-refractivity contribution in [3.05, 3.63) is 42.0 Å². The molecular formula is C21H32N6O2. The number of nitrogens with zero attached hydrogens (tertiary/aromatic N) is 4. The maximum atomic E-state index is 5.50. The zero-order chi connectivity index (χ0) is 20.5. The Hall–Kier alpha value is -2.61. The highest BCUT2D eigenvalue weighted by atomic mass is 16.5. The van der Waals surface area contributed by atoms with Gasteiger partial charge in [-0.2, -0.15) is 4.98 Å². The number of aromatic nitrogens is 2. The Bertz CT molecular complexity index is 756. The highest BCUT2D eigenvalue weighted by molar-refractivity contribution is 5.80. The van der Waals surface area contributed by atoms with E-state index in [1.165, 1.54) is 5.69 Å². The fraction of sp³-hybridized carbons (Fsp3) is 0.571. The molecule has 29 heavy (non-hydrogen) atoms. The minimum Gasteiger partial charge on any atom is -0.371 e. The van der Waals surface area contributed by atoms with Crippen LogP contribution in [0.3, 0.4) is 0 Å². The van der Waals surface area contributed by atoms with Crippen LogP contribution in [0.25, 0.3) is 0 Å². The molecule has 8 heteroatoms. The monoisotopic (exact) mass is 400 g/mol. The average molecular weight is 401 g/mol. The summed E-state index contributed by atoms with van der Waals surface area (Å²) in [6.07, 6.45) is 1.95. The molecular weight excluding hydrogens is 368 g/mol. The average Bonchev–Trinajstić information content (AvgIpc) is 3.23. The molecule has 2 heterocycles. The van der Waals surface area contributed by atoms with Crippen LogP contribution >= 0.6 is 0 Å². The number of hydrogen-bond donors (Lipinski definition) is 2. The number of benzene rings is 1. The van der Waals surface area contributed by atoms with Crippen LogP contribution in [0.5, 0.6) is 0 Å². The Balaban J connectivity index is 1.52. The smallest absolute Gasteiger partial charge is 0.248 e. The van der Waals surface area contributed by atoms with Gasteiger partial charge in [0.1, 0.15) is 12.6 Å². The van der Waals surface area contributed by atoms with E-state index in [0.717, 1.165) is 38.4 Å². The quantitative estimate of drug-likeness (QED) is 0.520. The first-order valence-corrected chi connectivity index (χ1v) is 10.5. The zero-order valence-electron chi connectivity index (χ0n) is 17.6. The molecule has 158 valence electrons. The Kier molecular flexibility index (Phi) is 7.86. The van der Waals surface area contributed by atoms with Gasteiger partial charge >= 0.3 is 0 Å². The van der Waals surface area contributed by atoms with E-state index in [9.17, 15) is 0 Å². The maximum Gasteiger partial charge on any atom is 0.248 e. The molecule has 0 amide bonds. The van der Waals surface area contributed by atoms with Gasteiger partial charge in [0.25, 0.3) is 0 Å². The largest absolute Gasteiger partial charge is 0.371 e. The van der Waals surface area contributed by atoms with Gasteiger partial charge in [0.15, 0.2) is 11.8 Å². The SMILES string of the molecule is CCNC(=NCc1nc(C(C)OCC)no1)NC1CCN(c2ccccc2)CC1. The molecule has 2 aromatic rings. The summed E-state index contributed by atoms with van der Waals surface area (Å²) < 4.78 is 10.8. The summed E-state index contributed by atoms with van der Waals surface area (Å²) in [6, 6.07) is 11.0. The molecule has 1 aliphatic rings. The van der Waals surface area contributed by atoms with Crippen molar-refractivity contribution in [2.75, 3.05) is 31.1 Å². The van der Waals surface area contributed by atoms with E-state index in [4.69, 9.17) is 9.26 Å². The van der Waals surface area contributed by atoms with E-state index in [-0.39, 0.29) is 6.10 Å². The van der Waals surface area contributed by atoms with Crippen molar-refractivity contribution < 1.29 is 9.26 Å². The van der Waals surface area contributed by atoms with Crippen LogP contribution in [0.1, 0.15) is 51.4 Å². The van der Waals surface area contributed by atoms with Gasteiger partial charge in [0.2, 0.25) is 5.89 Å². The number of nitrogens with one attached hydrogen (secondary N) is 2. The first kappa shape index (κ1) is 21.1. The van der Waals surface area contributed by atoms with Crippen molar-refractivity contribution in [2.45, 2.75) is 52.3 Å². The minimum absolute atomic E-state index is 0.178. The van der Waals surface area contributed by atoms with Gasteiger partial charge in [0, 0.05) is 38.0 Å². The van der Waals surface area contributed by atoms with Crippen molar-refractivity contribution in [1.29, 1.82) is 0 Å². The molecule has 1 aromatic carbocycles. The standard InChI is InChI=1S/C21H32N6O2/c1-4-22-21(23-15-19-25-20(26-29-19)16(3)28-5-2)24-17-11-13-27(14-12-17)18-9-7-6-8-10-18/h6-10,16-17H,4-5,11-15H2,1-3H3,(H2,22,23,24). The zero-order valence-corrected chi connectivity index (χ0v) is 17.6. The van der Waals surface area contributed by atoms with Gasteiger partial charge in [0.05, 0.1) is 0 Å². The van der Waals surface area contributed by atoms with E-state index in [2.05, 4.69) is 67.9 Å². The lowest BCUT2D eigenvalue weighted by molar-refractivity contribution is 0.0683. The van der Waals surface area contributed by atoms with Crippen LogP contribution in [0.15, 0.2) is 39.8 Å². The number of hydrogen-bond acceptors (Lipinski definition) is 6. The minimum atomic E-state index is -0.178. The Morgan fingerprint density at radius 1 is 1.28 bits per heavy atom. The lowest BCUT2D eigenvalue weighted by Crippen LogP contribution is -2.48. The highest BCUT2D eigenvalue weighted by Gasteiger charge is 2.20. The fourth-order valence-electron chi connectivity index (χ4n) is 3.40. The van der Waals surface area contributed by atoms with E-state index in [0.29, 0.717) is 30.9 Å². The molecule has 0 aliphatic carbocycles. The van der Waals surface area contributed by atoms with Crippen molar-refractivity contribution in [1.82, 2.24) is 20.8 Å². The first-order chi connectivity index (χ1) is 14.2. The van der Waals surface area contributed by atoms with Crippen molar-refractivity contribution in [3.63, 3.8) is 0 Å². The molecule has 8 nitrogen and oxygen atoms in total. The second-order valence-corrected chi connectivity index (χ2v) is 7.08. The van der Waals surface area contributed by atoms with E-state index in [1.807, 2.05) is 13.8 Å². The number of para-hydroxylation sites is 1. The second-order valence-electron chi connectivity index (χ2n) is 7.08. The summed E-state index contributed by atoms with van der Waals surface area (Å²) in [4.78, 5) is 11.4. The van der Waals surface area contributed by atoms with Crippen molar-refractivity contribution in [3.8, 4) is 0 Å². The van der Waals surface area contributed by atoms with E-state index in [1.54, 1.807) is 0 Å². The number of anilines is 1. The lowest BCUT2D eigenvalue weighted by atomic mass is 10.0. The number of aliphatic imine (C=N–C) groups is 1. The summed E-state index contributed by atoms with van der Waals surface area (Å²) in [6.45, 7) is 9.72. The molecule has 1 unspecified atom stereocenters. The summed E-state index contributed by atoms with van der Waals surface area (Å²) in [7, 11) is 0. The molecule has 0 bridgehead atoms. The van der Waals surface area contributed by atoms with Gasteiger partial charge in [-0.05, 0) is 45.7 Å². The molecule has 2 N–H and O–H groups in total. The van der Waals surface area contributed by atoms with Crippen molar-refractivity contribution >= 4 is 11.6 Å². The summed E-state index contributed by atoms with van der Waals surface area (Å²) in [5.74, 6) is 1.83. The van der Waals surface area contributed by atoms with Gasteiger partial charge in [-0.25, -0.2) is 4.99 Å². The topological polar surface area (TPSA) is 87.8 Å². The maximum absolute atomic E-state index is 5.50. The fourth-order valence-corrected chi connectivity index (χ4v) is 3.40. The molecule has 1 atom stereocenters. The molecule has 1 aliphatic heterocycles. The molecule has 0 saturated carbocycles. The molecule has 0 spiro atoms. The molecule has 1 fully saturated rings. The predicted molar refractivity (Wildman–Crippen MR) is 114 cm³/mol. The number of guanidine groups is 1.